The molecule has 1 saturated heterocycles. The summed E-state index contributed by atoms with van der Waals surface area (Å²) in [7, 11) is -2.18. The normalized spacial score (nSPS) is 16.0. The van der Waals surface area contributed by atoms with Crippen LogP contribution < -0.4 is 9.62 Å². The number of sulfonamides is 1. The molecule has 0 unspecified atom stereocenters. The van der Waals surface area contributed by atoms with Crippen LogP contribution >= 0.6 is 0 Å². The zero-order chi connectivity index (χ0) is 28.1. The number of likely N-dealkylation sites (tertiary alicyclic amines) is 1. The maximum Gasteiger partial charge on any atom is 0.490 e. The number of benzene rings is 2. The number of carboxylic acids is 1. The molecule has 1 aromatic heterocycles. The van der Waals surface area contributed by atoms with E-state index in [2.05, 4.69) is 31.4 Å². The summed E-state index contributed by atoms with van der Waals surface area (Å²) >= 11 is 0. The Morgan fingerprint density at radius 1 is 1.24 bits per heavy atom. The van der Waals surface area contributed by atoms with Crippen LogP contribution in [-0.2, 0) is 21.4 Å². The van der Waals surface area contributed by atoms with Gasteiger partial charge in [0.25, 0.3) is 10.0 Å². The van der Waals surface area contributed by atoms with Crippen LogP contribution in [0.25, 0.3) is 0 Å². The van der Waals surface area contributed by atoms with Gasteiger partial charge in [-0.2, -0.15) is 13.2 Å². The Hall–Kier alpha value is -3.65. The molecule has 0 aliphatic carbocycles. The Kier molecular flexibility index (Phi) is 8.99. The zero-order valence-electron chi connectivity index (χ0n) is 20.4. The molecule has 9 nitrogen and oxygen atoms in total. The molecular formula is C24H26F4N4O5S. The predicted octanol–water partition coefficient (Wildman–Crippen LogP) is 4.27. The molecule has 14 heteroatoms. The van der Waals surface area contributed by atoms with Gasteiger partial charge >= 0.3 is 12.1 Å². The fourth-order valence-corrected chi connectivity index (χ4v) is 5.14. The average molecular weight is 559 g/mol. The highest BCUT2D eigenvalue weighted by molar-refractivity contribution is 7.92. The number of carbonyl (C=O) groups is 1. The lowest BCUT2D eigenvalue weighted by molar-refractivity contribution is -0.192. The molecular weight excluding hydrogens is 532 g/mol. The van der Waals surface area contributed by atoms with Crippen molar-refractivity contribution >= 4 is 27.5 Å². The first-order chi connectivity index (χ1) is 17.8. The van der Waals surface area contributed by atoms with Crippen LogP contribution in [0.15, 0.2) is 64.2 Å². The standard InChI is InChI=1S/C22H25FN4O3S.C2HF3O2/c1-16-12-21(31(28,29)25-22-9-11-30-24-22)19(23)13-20(16)26(2)18-8-10-27(15-18)14-17-6-4-3-5-7-17;3-2(4,5)1(6)7/h3-7,9,11-13,18H,8,10,14-15H2,1-2H3,(H,24,25);(H,6,7)/t18-;/m0./s1. The lowest BCUT2D eigenvalue weighted by Crippen LogP contribution is -2.35. The maximum atomic E-state index is 14.9. The van der Waals surface area contributed by atoms with Crippen LogP contribution in [0.5, 0.6) is 0 Å². The Balaban J connectivity index is 0.000000505. The minimum atomic E-state index is -5.08. The third-order valence-corrected chi connectivity index (χ3v) is 7.25. The molecule has 0 saturated carbocycles. The van der Waals surface area contributed by atoms with E-state index in [4.69, 9.17) is 9.90 Å². The number of halogens is 4. The van der Waals surface area contributed by atoms with E-state index in [1.165, 1.54) is 30.0 Å². The summed E-state index contributed by atoms with van der Waals surface area (Å²) in [5, 5.41) is 10.6. The predicted molar refractivity (Wildman–Crippen MR) is 131 cm³/mol. The molecule has 0 amide bonds. The van der Waals surface area contributed by atoms with Crippen molar-refractivity contribution in [2.24, 2.45) is 0 Å². The van der Waals surface area contributed by atoms with E-state index in [1.807, 2.05) is 30.1 Å². The molecule has 0 radical (unpaired) electrons. The van der Waals surface area contributed by atoms with Crippen LogP contribution in [-0.4, -0.2) is 61.9 Å². The molecule has 38 heavy (non-hydrogen) atoms. The number of hydrogen-bond donors (Lipinski definition) is 2. The lowest BCUT2D eigenvalue weighted by Gasteiger charge is -2.29. The summed E-state index contributed by atoms with van der Waals surface area (Å²) in [6, 6.07) is 14.5. The number of likely N-dealkylation sites (N-methyl/N-ethyl adjacent to an activating group) is 1. The molecule has 4 rings (SSSR count). The fraction of sp³-hybridized carbons (Fsp3) is 0.333. The van der Waals surface area contributed by atoms with E-state index in [0.29, 0.717) is 11.3 Å². The summed E-state index contributed by atoms with van der Waals surface area (Å²) < 4.78 is 78.6. The Morgan fingerprint density at radius 3 is 2.47 bits per heavy atom. The maximum absolute atomic E-state index is 14.9. The quantitative estimate of drug-likeness (QED) is 0.413. The van der Waals surface area contributed by atoms with Crippen molar-refractivity contribution in [1.29, 1.82) is 0 Å². The highest BCUT2D eigenvalue weighted by Crippen LogP contribution is 2.30. The van der Waals surface area contributed by atoms with Gasteiger partial charge in [0.05, 0.1) is 0 Å². The molecule has 0 spiro atoms. The van der Waals surface area contributed by atoms with E-state index in [1.54, 1.807) is 6.92 Å². The number of hydrogen-bond acceptors (Lipinski definition) is 7. The molecule has 206 valence electrons. The largest absolute Gasteiger partial charge is 0.490 e. The van der Waals surface area contributed by atoms with Gasteiger partial charge in [-0.25, -0.2) is 17.6 Å². The number of nitrogens with zero attached hydrogens (tertiary/aromatic N) is 3. The first kappa shape index (κ1) is 28.9. The van der Waals surface area contributed by atoms with Gasteiger partial charge < -0.3 is 14.5 Å². The van der Waals surface area contributed by atoms with Gasteiger partial charge in [0.1, 0.15) is 17.0 Å². The Labute approximate surface area is 216 Å². The van der Waals surface area contributed by atoms with Gasteiger partial charge in [-0.05, 0) is 36.6 Å². The first-order valence-electron chi connectivity index (χ1n) is 11.3. The Bertz CT molecular complexity index is 1340. The smallest absolute Gasteiger partial charge is 0.475 e. The number of carboxylic acid groups (broad SMARTS) is 1. The van der Waals surface area contributed by atoms with Crippen molar-refractivity contribution in [2.75, 3.05) is 29.8 Å². The highest BCUT2D eigenvalue weighted by Gasteiger charge is 2.38. The van der Waals surface area contributed by atoms with Crippen molar-refractivity contribution in [2.45, 2.75) is 37.0 Å². The molecule has 1 atom stereocenters. The monoisotopic (exact) mass is 558 g/mol. The third kappa shape index (κ3) is 7.44. The SMILES string of the molecule is Cc1cc(S(=O)(=O)Nc2ccon2)c(F)cc1N(C)[C@H]1CCN(Cc2ccccc2)C1.O=C(O)C(F)(F)F. The van der Waals surface area contributed by atoms with E-state index in [-0.39, 0.29) is 11.9 Å². The second-order valence-corrected chi connectivity index (χ2v) is 10.3. The molecule has 1 aliphatic rings. The summed E-state index contributed by atoms with van der Waals surface area (Å²) in [4.78, 5) is 12.9. The van der Waals surface area contributed by atoms with E-state index >= 15 is 0 Å². The number of aliphatic carboxylic acids is 1. The highest BCUT2D eigenvalue weighted by atomic mass is 32.2. The summed E-state index contributed by atoms with van der Waals surface area (Å²) in [5.41, 5.74) is 2.64. The molecule has 2 aromatic carbocycles. The number of rotatable bonds is 7. The third-order valence-electron chi connectivity index (χ3n) is 5.88. The van der Waals surface area contributed by atoms with Crippen molar-refractivity contribution in [1.82, 2.24) is 10.1 Å². The van der Waals surface area contributed by atoms with Gasteiger partial charge in [-0.3, -0.25) is 9.62 Å². The molecule has 3 aromatic rings. The second-order valence-electron chi connectivity index (χ2n) is 8.64. The van der Waals surface area contributed by atoms with E-state index in [9.17, 15) is 26.0 Å². The fourth-order valence-electron chi connectivity index (χ4n) is 4.00. The van der Waals surface area contributed by atoms with Crippen LogP contribution in [0.2, 0.25) is 0 Å². The summed E-state index contributed by atoms with van der Waals surface area (Å²) in [6.45, 7) is 4.49. The van der Waals surface area contributed by atoms with Gasteiger partial charge in [0, 0.05) is 44.5 Å². The van der Waals surface area contributed by atoms with Crippen LogP contribution in [0, 0.1) is 12.7 Å². The number of aryl methyl sites for hydroxylation is 1. The topological polar surface area (TPSA) is 116 Å². The van der Waals surface area contributed by atoms with Crippen LogP contribution in [0.4, 0.5) is 29.1 Å². The molecule has 1 fully saturated rings. The average Bonchev–Trinajstić information content (AvgIpc) is 3.52. The second kappa shape index (κ2) is 11.8. The van der Waals surface area contributed by atoms with Gasteiger partial charge in [-0.1, -0.05) is 35.5 Å². The van der Waals surface area contributed by atoms with Crippen LogP contribution in [0.1, 0.15) is 17.5 Å². The van der Waals surface area contributed by atoms with Crippen LogP contribution in [0.3, 0.4) is 0 Å². The van der Waals surface area contributed by atoms with E-state index < -0.39 is 32.9 Å². The number of anilines is 2. The minimum absolute atomic E-state index is 0.00251. The molecule has 2 heterocycles. The van der Waals surface area contributed by atoms with Gasteiger partial charge in [0.15, 0.2) is 5.82 Å². The number of aromatic nitrogens is 1. The van der Waals surface area contributed by atoms with Crippen molar-refractivity contribution < 1.29 is 40.4 Å². The summed E-state index contributed by atoms with van der Waals surface area (Å²) in [5.74, 6) is -3.56. The molecule has 0 bridgehead atoms. The van der Waals surface area contributed by atoms with Crippen molar-refractivity contribution in [3.63, 3.8) is 0 Å². The number of alkyl halides is 3. The van der Waals surface area contributed by atoms with Crippen molar-refractivity contribution in [3.8, 4) is 0 Å². The molecule has 2 N–H and O–H groups in total. The Morgan fingerprint density at radius 2 is 1.89 bits per heavy atom. The molecule has 1 aliphatic heterocycles. The minimum Gasteiger partial charge on any atom is -0.475 e. The van der Waals surface area contributed by atoms with Gasteiger partial charge in [0.2, 0.25) is 0 Å². The summed E-state index contributed by atoms with van der Waals surface area (Å²) in [6.07, 6.45) is -2.89. The first-order valence-corrected chi connectivity index (χ1v) is 12.8. The van der Waals surface area contributed by atoms with E-state index in [0.717, 1.165) is 26.1 Å². The number of nitrogens with one attached hydrogen (secondary N) is 1. The lowest BCUT2D eigenvalue weighted by atomic mass is 10.1. The zero-order valence-corrected chi connectivity index (χ0v) is 21.3. The van der Waals surface area contributed by atoms with Crippen molar-refractivity contribution in [3.05, 3.63) is 71.7 Å². The van der Waals surface area contributed by atoms with Gasteiger partial charge in [-0.15, -0.1) is 0 Å².